The number of rotatable bonds is 9. The molecule has 0 saturated carbocycles. The Morgan fingerprint density at radius 3 is 2.11 bits per heavy atom. The van der Waals surface area contributed by atoms with Gasteiger partial charge in [0.15, 0.2) is 23.0 Å². The van der Waals surface area contributed by atoms with E-state index in [1.807, 2.05) is 24.3 Å². The number of carbonyl (C=O) groups excluding carboxylic acids is 2. The predicted molar refractivity (Wildman–Crippen MR) is 174 cm³/mol. The lowest BCUT2D eigenvalue weighted by atomic mass is 9.95. The fraction of sp³-hybridized carbons (Fsp3) is 0.400. The Labute approximate surface area is 268 Å². The highest BCUT2D eigenvalue weighted by Gasteiger charge is 2.30. The zero-order valence-electron chi connectivity index (χ0n) is 27.4. The minimum Gasteiger partial charge on any atom is -0.493 e. The summed E-state index contributed by atoms with van der Waals surface area (Å²) in [6, 6.07) is 9.72. The number of ether oxygens (including phenoxy) is 5. The lowest BCUT2D eigenvalue weighted by Gasteiger charge is -2.31. The molecule has 11 nitrogen and oxygen atoms in total. The van der Waals surface area contributed by atoms with Crippen LogP contribution in [0, 0.1) is 0 Å². The highest BCUT2D eigenvalue weighted by molar-refractivity contribution is 5.86. The van der Waals surface area contributed by atoms with E-state index in [4.69, 9.17) is 23.7 Å². The Morgan fingerprint density at radius 1 is 0.826 bits per heavy atom. The molecule has 46 heavy (non-hydrogen) atoms. The van der Waals surface area contributed by atoms with E-state index in [1.54, 1.807) is 53.4 Å². The van der Waals surface area contributed by atoms with Crippen LogP contribution in [0.15, 0.2) is 41.2 Å². The van der Waals surface area contributed by atoms with Crippen molar-refractivity contribution in [2.45, 2.75) is 51.7 Å². The van der Waals surface area contributed by atoms with Gasteiger partial charge in [-0.2, -0.15) is 0 Å². The van der Waals surface area contributed by atoms with Gasteiger partial charge in [-0.05, 0) is 84.3 Å². The Kier molecular flexibility index (Phi) is 9.60. The molecule has 0 radical (unpaired) electrons. The summed E-state index contributed by atoms with van der Waals surface area (Å²) in [5.74, 6) is 2.35. The van der Waals surface area contributed by atoms with Crippen LogP contribution in [-0.4, -0.2) is 64.8 Å². The molecule has 2 amide bonds. The van der Waals surface area contributed by atoms with Crippen LogP contribution in [0.1, 0.15) is 48.6 Å². The standard InChI is InChI=1S/C35H41N3O8/c1-19(35(41)38-13-12-21-14-29(42-3)30(43-4)16-23(21)18-38)36-27-11-9-24-25(17-28(27)40)26(37-20(2)39)10-8-22-15-31(44-5)33(45-6)34(46-7)32(22)24/h9,11,14-17,19,26H,8,10,12-13,18H2,1-7H3,(H,36,40)(H,37,39). The average Bonchev–Trinajstić information content (AvgIpc) is 3.30. The van der Waals surface area contributed by atoms with E-state index < -0.39 is 12.1 Å². The molecule has 0 saturated heterocycles. The molecule has 3 aromatic rings. The highest BCUT2D eigenvalue weighted by atomic mass is 16.5. The summed E-state index contributed by atoms with van der Waals surface area (Å²) in [4.78, 5) is 41.4. The molecule has 0 aromatic heterocycles. The van der Waals surface area contributed by atoms with Crippen LogP contribution in [0.4, 0.5) is 5.69 Å². The van der Waals surface area contributed by atoms with Gasteiger partial charge in [0.25, 0.3) is 0 Å². The van der Waals surface area contributed by atoms with Crippen molar-refractivity contribution >= 4 is 17.5 Å². The van der Waals surface area contributed by atoms with Crippen molar-refractivity contribution in [3.8, 4) is 39.9 Å². The number of nitrogens with zero attached hydrogens (tertiary/aromatic N) is 1. The summed E-state index contributed by atoms with van der Waals surface area (Å²) in [5.41, 5.74) is 5.11. The van der Waals surface area contributed by atoms with Crippen LogP contribution >= 0.6 is 0 Å². The summed E-state index contributed by atoms with van der Waals surface area (Å²) < 4.78 is 28.0. The number of carbonyl (C=O) groups is 2. The molecule has 1 heterocycles. The second-order valence-corrected chi connectivity index (χ2v) is 11.4. The quantitative estimate of drug-likeness (QED) is 0.356. The Balaban J connectivity index is 1.51. The van der Waals surface area contributed by atoms with E-state index in [9.17, 15) is 14.4 Å². The second kappa shape index (κ2) is 13.6. The zero-order valence-corrected chi connectivity index (χ0v) is 27.4. The van der Waals surface area contributed by atoms with Gasteiger partial charge in [-0.1, -0.05) is 6.07 Å². The van der Waals surface area contributed by atoms with E-state index >= 15 is 0 Å². The van der Waals surface area contributed by atoms with Crippen LogP contribution in [0.25, 0.3) is 11.1 Å². The third kappa shape index (κ3) is 6.14. The number of hydrogen-bond acceptors (Lipinski definition) is 9. The van der Waals surface area contributed by atoms with Gasteiger partial charge in [0.1, 0.15) is 6.04 Å². The number of anilines is 1. The third-order valence-corrected chi connectivity index (χ3v) is 8.69. The first-order chi connectivity index (χ1) is 22.1. The Morgan fingerprint density at radius 2 is 1.48 bits per heavy atom. The lowest BCUT2D eigenvalue weighted by Crippen LogP contribution is -2.44. The van der Waals surface area contributed by atoms with Crippen molar-refractivity contribution in [3.05, 3.63) is 68.9 Å². The summed E-state index contributed by atoms with van der Waals surface area (Å²) >= 11 is 0. The molecular weight excluding hydrogens is 590 g/mol. The molecule has 1 aliphatic heterocycles. The molecule has 1 aliphatic carbocycles. The molecule has 244 valence electrons. The van der Waals surface area contributed by atoms with Crippen LogP contribution < -0.4 is 39.7 Å². The Bertz CT molecular complexity index is 1720. The van der Waals surface area contributed by atoms with Crippen LogP contribution in [-0.2, 0) is 29.0 Å². The largest absolute Gasteiger partial charge is 0.493 e. The Hall–Kier alpha value is -4.93. The topological polar surface area (TPSA) is 125 Å². The summed E-state index contributed by atoms with van der Waals surface area (Å²) in [7, 11) is 7.85. The maximum Gasteiger partial charge on any atom is 0.245 e. The van der Waals surface area contributed by atoms with Gasteiger partial charge < -0.3 is 39.2 Å². The fourth-order valence-corrected chi connectivity index (χ4v) is 6.47. The first-order valence-corrected chi connectivity index (χ1v) is 15.2. The van der Waals surface area contributed by atoms with Gasteiger partial charge in [0, 0.05) is 25.6 Å². The molecule has 2 aliphatic rings. The number of amides is 2. The zero-order chi connectivity index (χ0) is 33.1. The molecule has 0 bridgehead atoms. The smallest absolute Gasteiger partial charge is 0.245 e. The number of benzene rings is 2. The van der Waals surface area contributed by atoms with Crippen molar-refractivity contribution in [1.29, 1.82) is 0 Å². The van der Waals surface area contributed by atoms with Gasteiger partial charge in [-0.3, -0.25) is 14.4 Å². The predicted octanol–water partition coefficient (Wildman–Crippen LogP) is 4.27. The SMILES string of the molecule is COc1cc2c(cc1OC)CN(C(=O)C(C)Nc1ccc3c(cc1=O)C(NC(C)=O)CCc1cc(OC)c(OC)c(OC)c1-3)CC2. The maximum atomic E-state index is 13.8. The molecule has 5 rings (SSSR count). The van der Waals surface area contributed by atoms with Crippen LogP contribution in [0.2, 0.25) is 0 Å². The molecule has 0 fully saturated rings. The average molecular weight is 632 g/mol. The lowest BCUT2D eigenvalue weighted by molar-refractivity contribution is -0.132. The van der Waals surface area contributed by atoms with E-state index in [2.05, 4.69) is 10.6 Å². The van der Waals surface area contributed by atoms with E-state index in [0.717, 1.165) is 22.3 Å². The third-order valence-electron chi connectivity index (χ3n) is 8.69. The van der Waals surface area contributed by atoms with Gasteiger partial charge in [0.2, 0.25) is 23.0 Å². The molecular formula is C35H41N3O8. The molecule has 2 unspecified atom stereocenters. The van der Waals surface area contributed by atoms with Crippen molar-refractivity contribution in [1.82, 2.24) is 10.2 Å². The molecule has 2 atom stereocenters. The van der Waals surface area contributed by atoms with Crippen LogP contribution in [0.5, 0.6) is 28.7 Å². The van der Waals surface area contributed by atoms with Gasteiger partial charge in [-0.15, -0.1) is 0 Å². The first kappa shape index (κ1) is 32.5. The number of methoxy groups -OCH3 is 5. The van der Waals surface area contributed by atoms with Gasteiger partial charge >= 0.3 is 0 Å². The van der Waals surface area contributed by atoms with Crippen molar-refractivity contribution in [2.24, 2.45) is 0 Å². The number of aryl methyl sites for hydroxylation is 1. The number of nitrogens with one attached hydrogen (secondary N) is 2. The minimum absolute atomic E-state index is 0.132. The van der Waals surface area contributed by atoms with Crippen molar-refractivity contribution < 1.29 is 33.3 Å². The van der Waals surface area contributed by atoms with E-state index in [1.165, 1.54) is 13.0 Å². The summed E-state index contributed by atoms with van der Waals surface area (Å²) in [5, 5.41) is 6.18. The number of fused-ring (bicyclic) bond motifs is 4. The molecule has 11 heteroatoms. The van der Waals surface area contributed by atoms with Crippen molar-refractivity contribution in [3.63, 3.8) is 0 Å². The highest BCUT2D eigenvalue weighted by Crippen LogP contribution is 2.50. The maximum absolute atomic E-state index is 13.8. The molecule has 2 N–H and O–H groups in total. The molecule has 3 aromatic carbocycles. The van der Waals surface area contributed by atoms with Crippen molar-refractivity contribution in [2.75, 3.05) is 47.4 Å². The summed E-state index contributed by atoms with van der Waals surface area (Å²) in [6.45, 7) is 4.16. The van der Waals surface area contributed by atoms with E-state index in [0.29, 0.717) is 72.2 Å². The normalized spacial score (nSPS) is 15.6. The van der Waals surface area contributed by atoms with Gasteiger partial charge in [0.05, 0.1) is 47.3 Å². The van der Waals surface area contributed by atoms with E-state index in [-0.39, 0.29) is 22.9 Å². The second-order valence-electron chi connectivity index (χ2n) is 11.4. The first-order valence-electron chi connectivity index (χ1n) is 15.2. The summed E-state index contributed by atoms with van der Waals surface area (Å²) in [6.07, 6.45) is 1.82. The minimum atomic E-state index is -0.686. The molecule has 0 spiro atoms. The van der Waals surface area contributed by atoms with Crippen LogP contribution in [0.3, 0.4) is 0 Å². The monoisotopic (exact) mass is 631 g/mol. The fourth-order valence-electron chi connectivity index (χ4n) is 6.47. The van der Waals surface area contributed by atoms with Gasteiger partial charge in [-0.25, -0.2) is 0 Å². The number of hydrogen-bond donors (Lipinski definition) is 2.